The highest BCUT2D eigenvalue weighted by molar-refractivity contribution is 8.00. The zero-order valence-corrected chi connectivity index (χ0v) is 13.0. The van der Waals surface area contributed by atoms with Crippen LogP contribution in [0.4, 0.5) is 4.79 Å². The van der Waals surface area contributed by atoms with Crippen molar-refractivity contribution >= 4 is 23.8 Å². The fourth-order valence-electron chi connectivity index (χ4n) is 2.85. The summed E-state index contributed by atoms with van der Waals surface area (Å²) in [4.78, 5) is 21.5. The minimum atomic E-state index is -0.729. The molecular formula is C15H24N2O3S. The zero-order valence-electron chi connectivity index (χ0n) is 12.2. The minimum Gasteiger partial charge on any atom is -0.481 e. The number of aliphatic carboxylic acids is 1. The summed E-state index contributed by atoms with van der Waals surface area (Å²) in [6, 6.07) is 0.440. The summed E-state index contributed by atoms with van der Waals surface area (Å²) in [6.07, 6.45) is 11.4. The number of fused-ring (bicyclic) bond motifs is 1. The van der Waals surface area contributed by atoms with E-state index in [0.717, 1.165) is 25.0 Å². The molecule has 2 amide bonds. The summed E-state index contributed by atoms with van der Waals surface area (Å²) in [5.41, 5.74) is 0. The average Bonchev–Trinajstić information content (AvgIpc) is 3.14. The van der Waals surface area contributed by atoms with Gasteiger partial charge in [-0.2, -0.15) is 11.8 Å². The summed E-state index contributed by atoms with van der Waals surface area (Å²) < 4.78 is 0. The number of urea groups is 1. The fourth-order valence-corrected chi connectivity index (χ4v) is 4.40. The molecule has 3 N–H and O–H groups in total. The molecule has 0 aromatic carbocycles. The Hall–Kier alpha value is -1.17. The molecule has 2 aliphatic heterocycles. The summed E-state index contributed by atoms with van der Waals surface area (Å²) in [5, 5.41) is 14.8. The van der Waals surface area contributed by atoms with E-state index in [1.807, 2.05) is 11.8 Å². The maximum Gasteiger partial charge on any atom is 0.315 e. The Kier molecular flexibility index (Phi) is 6.42. The van der Waals surface area contributed by atoms with E-state index in [4.69, 9.17) is 5.11 Å². The monoisotopic (exact) mass is 312 g/mol. The summed E-state index contributed by atoms with van der Waals surface area (Å²) in [7, 11) is 0. The van der Waals surface area contributed by atoms with E-state index in [0.29, 0.717) is 5.25 Å². The molecule has 0 aromatic heterocycles. The van der Waals surface area contributed by atoms with Gasteiger partial charge in [0, 0.05) is 17.4 Å². The van der Waals surface area contributed by atoms with E-state index in [1.165, 1.54) is 19.3 Å². The normalized spacial score (nSPS) is 29.3. The molecule has 3 aliphatic rings. The second kappa shape index (κ2) is 8.32. The standard InChI is InChI=1S/C10H16N2O3S.C5H8/c13-8(14)4-2-1-3-7-9-6(5-16-7)11-10(15)12-9;1-2-4-5-3-1/h6-7,9H,1-5H2,(H,13,14)(H2,11,12,15);1-2H,3-5H2/t6-,7-,9-;/m0./s1. The lowest BCUT2D eigenvalue weighted by Gasteiger charge is -2.16. The van der Waals surface area contributed by atoms with E-state index in [9.17, 15) is 9.59 Å². The Morgan fingerprint density at radius 2 is 2.05 bits per heavy atom. The molecule has 0 spiro atoms. The van der Waals surface area contributed by atoms with Crippen molar-refractivity contribution < 1.29 is 14.7 Å². The highest BCUT2D eigenvalue weighted by Crippen LogP contribution is 2.33. The highest BCUT2D eigenvalue weighted by Gasteiger charge is 2.42. The molecule has 6 heteroatoms. The molecule has 3 rings (SSSR count). The molecule has 21 heavy (non-hydrogen) atoms. The topological polar surface area (TPSA) is 78.4 Å². The number of rotatable bonds is 5. The number of hydrogen-bond donors (Lipinski definition) is 3. The summed E-state index contributed by atoms with van der Waals surface area (Å²) >= 11 is 1.87. The van der Waals surface area contributed by atoms with Gasteiger partial charge in [0.25, 0.3) is 0 Å². The van der Waals surface area contributed by atoms with Crippen LogP contribution in [0.5, 0.6) is 0 Å². The van der Waals surface area contributed by atoms with Gasteiger partial charge in [-0.25, -0.2) is 4.79 Å². The number of unbranched alkanes of at least 4 members (excludes halogenated alkanes) is 1. The van der Waals surface area contributed by atoms with Crippen LogP contribution in [0.2, 0.25) is 0 Å². The molecule has 2 saturated heterocycles. The van der Waals surface area contributed by atoms with Crippen LogP contribution in [-0.4, -0.2) is 40.2 Å². The van der Waals surface area contributed by atoms with E-state index in [2.05, 4.69) is 22.8 Å². The van der Waals surface area contributed by atoms with Gasteiger partial charge in [0.1, 0.15) is 0 Å². The van der Waals surface area contributed by atoms with Crippen molar-refractivity contribution in [1.82, 2.24) is 10.6 Å². The van der Waals surface area contributed by atoms with Gasteiger partial charge in [-0.05, 0) is 32.1 Å². The van der Waals surface area contributed by atoms with Crippen LogP contribution in [0.3, 0.4) is 0 Å². The molecule has 0 bridgehead atoms. The van der Waals surface area contributed by atoms with Gasteiger partial charge in [-0.1, -0.05) is 18.6 Å². The van der Waals surface area contributed by atoms with Gasteiger partial charge in [-0.15, -0.1) is 0 Å². The lowest BCUT2D eigenvalue weighted by molar-refractivity contribution is -0.137. The van der Waals surface area contributed by atoms with Crippen LogP contribution >= 0.6 is 11.8 Å². The first kappa shape index (κ1) is 16.2. The number of carbonyl (C=O) groups is 2. The van der Waals surface area contributed by atoms with E-state index < -0.39 is 5.97 Å². The lowest BCUT2D eigenvalue weighted by atomic mass is 10.0. The third-order valence-electron chi connectivity index (χ3n) is 3.98. The maximum absolute atomic E-state index is 11.1. The van der Waals surface area contributed by atoms with E-state index >= 15 is 0 Å². The van der Waals surface area contributed by atoms with E-state index in [1.54, 1.807) is 0 Å². The third-order valence-corrected chi connectivity index (χ3v) is 5.48. The Morgan fingerprint density at radius 1 is 1.29 bits per heavy atom. The van der Waals surface area contributed by atoms with Crippen LogP contribution in [0.15, 0.2) is 12.2 Å². The van der Waals surface area contributed by atoms with Gasteiger partial charge >= 0.3 is 12.0 Å². The Morgan fingerprint density at radius 3 is 2.67 bits per heavy atom. The molecular weight excluding hydrogens is 288 g/mol. The summed E-state index contributed by atoms with van der Waals surface area (Å²) in [6.45, 7) is 0. The lowest BCUT2D eigenvalue weighted by Crippen LogP contribution is -2.36. The first-order valence-electron chi connectivity index (χ1n) is 7.72. The SMILES string of the molecule is C1=CCCC1.O=C(O)CCCC[C@@H]1SC[C@@H]2NC(=O)N[C@@H]21. The minimum absolute atomic E-state index is 0.0640. The number of allylic oxidation sites excluding steroid dienone is 2. The molecule has 118 valence electrons. The molecule has 0 aromatic rings. The number of carbonyl (C=O) groups excluding carboxylic acids is 1. The van der Waals surface area contributed by atoms with Crippen LogP contribution in [-0.2, 0) is 4.79 Å². The number of thioether (sulfide) groups is 1. The number of hydrogen-bond acceptors (Lipinski definition) is 3. The van der Waals surface area contributed by atoms with Crippen molar-refractivity contribution in [2.45, 2.75) is 62.3 Å². The van der Waals surface area contributed by atoms with Crippen molar-refractivity contribution in [2.75, 3.05) is 5.75 Å². The predicted molar refractivity (Wildman–Crippen MR) is 84.6 cm³/mol. The van der Waals surface area contributed by atoms with Crippen molar-refractivity contribution in [2.24, 2.45) is 0 Å². The van der Waals surface area contributed by atoms with Crippen molar-refractivity contribution in [3.05, 3.63) is 12.2 Å². The number of carboxylic acids is 1. The van der Waals surface area contributed by atoms with Gasteiger partial charge in [0.15, 0.2) is 0 Å². The molecule has 0 saturated carbocycles. The third kappa shape index (κ3) is 5.26. The molecule has 2 heterocycles. The van der Waals surface area contributed by atoms with Crippen LogP contribution in [0.1, 0.15) is 44.9 Å². The van der Waals surface area contributed by atoms with E-state index in [-0.39, 0.29) is 24.5 Å². The number of carboxylic acid groups (broad SMARTS) is 1. The molecule has 2 fully saturated rings. The first-order chi connectivity index (χ1) is 10.2. The largest absolute Gasteiger partial charge is 0.481 e. The van der Waals surface area contributed by atoms with Crippen molar-refractivity contribution in [3.8, 4) is 0 Å². The molecule has 0 radical (unpaired) electrons. The fraction of sp³-hybridized carbons (Fsp3) is 0.733. The smallest absolute Gasteiger partial charge is 0.315 e. The van der Waals surface area contributed by atoms with Crippen molar-refractivity contribution in [1.29, 1.82) is 0 Å². The van der Waals surface area contributed by atoms with Gasteiger partial charge in [0.2, 0.25) is 0 Å². The quantitative estimate of drug-likeness (QED) is 0.414. The number of nitrogens with one attached hydrogen (secondary N) is 2. The van der Waals surface area contributed by atoms with Crippen LogP contribution in [0.25, 0.3) is 0 Å². The van der Waals surface area contributed by atoms with Gasteiger partial charge < -0.3 is 15.7 Å². The molecule has 1 aliphatic carbocycles. The Bertz CT molecular complexity index is 394. The molecule has 5 nitrogen and oxygen atoms in total. The first-order valence-corrected chi connectivity index (χ1v) is 8.77. The summed E-state index contributed by atoms with van der Waals surface area (Å²) in [5.74, 6) is 0.236. The predicted octanol–water partition coefficient (Wildman–Crippen LogP) is 2.52. The van der Waals surface area contributed by atoms with Gasteiger partial charge in [0.05, 0.1) is 12.1 Å². The Balaban J connectivity index is 0.000000272. The Labute approximate surface area is 129 Å². The van der Waals surface area contributed by atoms with Crippen LogP contribution in [0, 0.1) is 0 Å². The highest BCUT2D eigenvalue weighted by atomic mass is 32.2. The van der Waals surface area contributed by atoms with Crippen molar-refractivity contribution in [3.63, 3.8) is 0 Å². The molecule has 3 atom stereocenters. The maximum atomic E-state index is 11.1. The second-order valence-electron chi connectivity index (χ2n) is 5.66. The number of amides is 2. The molecule has 0 unspecified atom stereocenters. The van der Waals surface area contributed by atoms with Crippen LogP contribution < -0.4 is 10.6 Å². The second-order valence-corrected chi connectivity index (χ2v) is 6.94. The average molecular weight is 312 g/mol. The zero-order chi connectivity index (χ0) is 15.1. The van der Waals surface area contributed by atoms with Gasteiger partial charge in [-0.3, -0.25) is 4.79 Å².